The van der Waals surface area contributed by atoms with Crippen molar-refractivity contribution >= 4 is 11.8 Å². The first-order valence-corrected chi connectivity index (χ1v) is 17.5. The lowest BCUT2D eigenvalue weighted by atomic mass is 9.90. The van der Waals surface area contributed by atoms with Gasteiger partial charge in [-0.25, -0.2) is 0 Å². The topological polar surface area (TPSA) is 133 Å². The number of hydrogen-bond acceptors (Lipinski definition) is 9. The molecule has 280 valence electrons. The number of ether oxygens (including phenoxy) is 3. The van der Waals surface area contributed by atoms with E-state index >= 15 is 0 Å². The number of nitrogens with one attached hydrogen (secondary N) is 2. The van der Waals surface area contributed by atoms with E-state index in [9.17, 15) is 33.0 Å². The van der Waals surface area contributed by atoms with Crippen LogP contribution in [0, 0.1) is 5.92 Å². The Bertz CT molecular complexity index is 1680. The number of aliphatic hydroxyl groups is 2. The van der Waals surface area contributed by atoms with E-state index in [2.05, 4.69) is 5.32 Å². The van der Waals surface area contributed by atoms with Gasteiger partial charge in [0.1, 0.15) is 37.2 Å². The number of halogens is 3. The van der Waals surface area contributed by atoms with Gasteiger partial charge in [0.15, 0.2) is 11.5 Å². The van der Waals surface area contributed by atoms with Gasteiger partial charge in [0.05, 0.1) is 19.3 Å². The molecular formula is C38H45F3N4O7. The van der Waals surface area contributed by atoms with Crippen LogP contribution < -0.4 is 24.8 Å². The Kier molecular flexibility index (Phi) is 11.9. The Labute approximate surface area is 300 Å². The average Bonchev–Trinajstić information content (AvgIpc) is 3.55. The van der Waals surface area contributed by atoms with Crippen LogP contribution in [-0.2, 0) is 22.4 Å². The van der Waals surface area contributed by atoms with Crippen LogP contribution in [0.2, 0.25) is 0 Å². The molecule has 1 unspecified atom stereocenters. The van der Waals surface area contributed by atoms with Crippen molar-refractivity contribution in [2.45, 2.75) is 55.8 Å². The van der Waals surface area contributed by atoms with Crippen molar-refractivity contribution in [3.05, 3.63) is 89.5 Å². The third-order valence-electron chi connectivity index (χ3n) is 9.86. The zero-order valence-electron chi connectivity index (χ0n) is 28.9. The minimum atomic E-state index is -4.59. The second-order valence-electron chi connectivity index (χ2n) is 13.7. The largest absolute Gasteiger partial charge is 0.493 e. The number of methoxy groups -OCH3 is 1. The fourth-order valence-corrected chi connectivity index (χ4v) is 7.32. The highest BCUT2D eigenvalue weighted by molar-refractivity contribution is 5.82. The number of aliphatic hydroxyl groups excluding tert-OH is 2. The zero-order chi connectivity index (χ0) is 36.8. The van der Waals surface area contributed by atoms with Gasteiger partial charge in [-0.15, -0.1) is 0 Å². The number of alkyl halides is 3. The number of β-amino-alcohol motifs (C(OH)–C–C–N with tert-alkyl or cyclic N) is 1. The second-order valence-corrected chi connectivity index (χ2v) is 13.7. The average molecular weight is 727 g/mol. The number of nitrogens with zero attached hydrogens (tertiary/aromatic N) is 2. The molecule has 0 saturated carbocycles. The van der Waals surface area contributed by atoms with Crippen molar-refractivity contribution in [2.24, 2.45) is 5.92 Å². The second kappa shape index (κ2) is 16.5. The van der Waals surface area contributed by atoms with E-state index in [0.717, 1.165) is 11.1 Å². The quantitative estimate of drug-likeness (QED) is 0.210. The van der Waals surface area contributed by atoms with Gasteiger partial charge < -0.3 is 35.1 Å². The lowest BCUT2D eigenvalue weighted by molar-refractivity contribution is -0.143. The van der Waals surface area contributed by atoms with Crippen molar-refractivity contribution in [3.8, 4) is 17.2 Å². The standard InChI is InChI=1S/C38H45F3N4O7/c1-50-33-13-7-10-25-18-28(52-35(25)33)20-44-14-15-45(30(21-44)37(49)42-23-38(39,40)41)19-27(46)17-26(16-24-8-3-2-4-9-24)36(48)43-34-29-11-5-6-12-32(29)51-22-31(34)47/h2-13,26-28,30-31,34,46-47H,14-23H2,1H3,(H,42,49)(H,43,48)/t26-,27+,28?,30+,31-,34+/m1/s1. The molecule has 3 heterocycles. The predicted molar refractivity (Wildman–Crippen MR) is 185 cm³/mol. The van der Waals surface area contributed by atoms with Gasteiger partial charge in [-0.1, -0.05) is 60.7 Å². The van der Waals surface area contributed by atoms with Gasteiger partial charge >= 0.3 is 6.18 Å². The summed E-state index contributed by atoms with van der Waals surface area (Å²) in [6.07, 6.45) is -5.99. The first-order chi connectivity index (χ1) is 25.0. The van der Waals surface area contributed by atoms with Crippen LogP contribution in [0.1, 0.15) is 29.2 Å². The van der Waals surface area contributed by atoms with E-state index in [-0.39, 0.29) is 38.1 Å². The predicted octanol–water partition coefficient (Wildman–Crippen LogP) is 2.88. The minimum Gasteiger partial charge on any atom is -0.493 e. The number of fused-ring (bicyclic) bond motifs is 2. The molecule has 11 nitrogen and oxygen atoms in total. The van der Waals surface area contributed by atoms with Gasteiger partial charge in [-0.05, 0) is 30.5 Å². The molecule has 6 rings (SSSR count). The Morgan fingerprint density at radius 2 is 1.81 bits per heavy atom. The van der Waals surface area contributed by atoms with Crippen LogP contribution in [0.15, 0.2) is 72.8 Å². The Morgan fingerprint density at radius 1 is 1.04 bits per heavy atom. The third kappa shape index (κ3) is 9.34. The fraction of sp³-hybridized carbons (Fsp3) is 0.474. The maximum Gasteiger partial charge on any atom is 0.405 e. The number of rotatable bonds is 13. The fourth-order valence-electron chi connectivity index (χ4n) is 7.32. The molecule has 3 aliphatic heterocycles. The van der Waals surface area contributed by atoms with Gasteiger partial charge in [-0.3, -0.25) is 19.4 Å². The first kappa shape index (κ1) is 37.4. The number of carbonyl (C=O) groups excluding carboxylic acids is 2. The number of benzene rings is 3. The number of para-hydroxylation sites is 2. The highest BCUT2D eigenvalue weighted by Gasteiger charge is 2.39. The van der Waals surface area contributed by atoms with Crippen LogP contribution in [0.3, 0.4) is 0 Å². The SMILES string of the molecule is COc1cccc2c1OC(CN1CCN(C[C@@H](O)C[C@@H](Cc3ccccc3)C(=O)N[C@H]3c4ccccc4OC[C@H]3O)[C@H](C(=O)NCC(F)(F)F)C1)C2. The molecule has 52 heavy (non-hydrogen) atoms. The summed E-state index contributed by atoms with van der Waals surface area (Å²) < 4.78 is 56.6. The number of carbonyl (C=O) groups is 2. The highest BCUT2D eigenvalue weighted by atomic mass is 19.4. The van der Waals surface area contributed by atoms with Gasteiger partial charge in [0.2, 0.25) is 11.8 Å². The Morgan fingerprint density at radius 3 is 2.58 bits per heavy atom. The van der Waals surface area contributed by atoms with E-state index in [0.29, 0.717) is 55.3 Å². The molecule has 0 aromatic heterocycles. The summed E-state index contributed by atoms with van der Waals surface area (Å²) in [5.41, 5.74) is 2.51. The van der Waals surface area contributed by atoms with E-state index in [1.807, 2.05) is 58.7 Å². The van der Waals surface area contributed by atoms with Crippen LogP contribution in [0.25, 0.3) is 0 Å². The summed E-state index contributed by atoms with van der Waals surface area (Å²) in [4.78, 5) is 30.9. The van der Waals surface area contributed by atoms with Crippen molar-refractivity contribution in [3.63, 3.8) is 0 Å². The van der Waals surface area contributed by atoms with E-state index in [1.54, 1.807) is 36.3 Å². The normalized spacial score (nSPS) is 23.0. The van der Waals surface area contributed by atoms with Crippen molar-refractivity contribution in [1.29, 1.82) is 0 Å². The van der Waals surface area contributed by atoms with Crippen molar-refractivity contribution in [2.75, 3.05) is 53.0 Å². The lowest BCUT2D eigenvalue weighted by Crippen LogP contribution is -2.61. The van der Waals surface area contributed by atoms with Crippen molar-refractivity contribution in [1.82, 2.24) is 20.4 Å². The molecule has 1 saturated heterocycles. The molecule has 2 amide bonds. The molecule has 0 aliphatic carbocycles. The summed E-state index contributed by atoms with van der Waals surface area (Å²) in [6, 6.07) is 20.4. The molecule has 6 atom stereocenters. The van der Waals surface area contributed by atoms with Gasteiger partial charge in [0.25, 0.3) is 0 Å². The molecule has 0 bridgehead atoms. The molecule has 3 aliphatic rings. The summed E-state index contributed by atoms with van der Waals surface area (Å²) in [5.74, 6) is -0.0384. The minimum absolute atomic E-state index is 0.00566. The Hall–Kier alpha value is -4.37. The number of hydrogen-bond donors (Lipinski definition) is 4. The van der Waals surface area contributed by atoms with Crippen LogP contribution in [0.5, 0.6) is 17.2 Å². The number of amides is 2. The van der Waals surface area contributed by atoms with Crippen LogP contribution in [0.4, 0.5) is 13.2 Å². The molecule has 1 fully saturated rings. The molecular weight excluding hydrogens is 681 g/mol. The van der Waals surface area contributed by atoms with E-state index in [4.69, 9.17) is 14.2 Å². The molecule has 0 spiro atoms. The first-order valence-electron chi connectivity index (χ1n) is 17.5. The monoisotopic (exact) mass is 726 g/mol. The molecule has 14 heteroatoms. The summed E-state index contributed by atoms with van der Waals surface area (Å²) >= 11 is 0. The maximum atomic E-state index is 13.9. The van der Waals surface area contributed by atoms with E-state index < -0.39 is 48.8 Å². The van der Waals surface area contributed by atoms with Crippen LogP contribution in [-0.4, -0.2) is 115 Å². The van der Waals surface area contributed by atoms with Crippen molar-refractivity contribution < 1.29 is 47.2 Å². The zero-order valence-corrected chi connectivity index (χ0v) is 28.9. The highest BCUT2D eigenvalue weighted by Crippen LogP contribution is 2.38. The lowest BCUT2D eigenvalue weighted by Gasteiger charge is -2.42. The molecule has 3 aromatic carbocycles. The summed E-state index contributed by atoms with van der Waals surface area (Å²) in [6.45, 7) is -0.160. The van der Waals surface area contributed by atoms with Gasteiger partial charge in [0, 0.05) is 56.2 Å². The molecule has 4 N–H and O–H groups in total. The molecule has 0 radical (unpaired) electrons. The summed E-state index contributed by atoms with van der Waals surface area (Å²) in [7, 11) is 1.57. The Balaban J connectivity index is 1.14. The van der Waals surface area contributed by atoms with Crippen LogP contribution >= 0.6 is 0 Å². The third-order valence-corrected chi connectivity index (χ3v) is 9.86. The maximum absolute atomic E-state index is 13.9. The summed E-state index contributed by atoms with van der Waals surface area (Å²) in [5, 5.41) is 27.2. The smallest absolute Gasteiger partial charge is 0.405 e. The van der Waals surface area contributed by atoms with Gasteiger partial charge in [-0.2, -0.15) is 13.2 Å². The molecule has 3 aromatic rings. The number of piperazine rings is 1. The van der Waals surface area contributed by atoms with E-state index in [1.165, 1.54) is 0 Å².